The Morgan fingerprint density at radius 3 is 2.24 bits per heavy atom. The van der Waals surface area contributed by atoms with Gasteiger partial charge >= 0.3 is 11.5 Å². The van der Waals surface area contributed by atoms with E-state index in [1.807, 2.05) is 24.3 Å². The van der Waals surface area contributed by atoms with Crippen molar-refractivity contribution in [1.29, 1.82) is 0 Å². The van der Waals surface area contributed by atoms with E-state index in [9.17, 15) is 23.1 Å². The Labute approximate surface area is 237 Å². The SMILES string of the molecule is CCO[C@@H](Cc1ccc(OCCN[C@H]2C3CN(Cc4ccc(SC(F)(F)F)cc4)C[C@@H]32)cc1)C(=O)O.Cl.Cl. The number of hydrogen-bond donors (Lipinski definition) is 2. The molecule has 1 unspecified atom stereocenters. The van der Waals surface area contributed by atoms with Gasteiger partial charge in [0.2, 0.25) is 0 Å². The molecule has 0 spiro atoms. The molecule has 0 amide bonds. The summed E-state index contributed by atoms with van der Waals surface area (Å²) in [6.45, 7) is 6.14. The summed E-state index contributed by atoms with van der Waals surface area (Å²) in [6.07, 6.45) is -0.530. The Bertz CT molecular complexity index is 1000. The van der Waals surface area contributed by atoms with Gasteiger partial charge in [0.15, 0.2) is 6.10 Å². The van der Waals surface area contributed by atoms with Crippen molar-refractivity contribution in [3.63, 3.8) is 0 Å². The summed E-state index contributed by atoms with van der Waals surface area (Å²) in [5.41, 5.74) is -2.34. The molecule has 4 rings (SSSR count). The maximum absolute atomic E-state index is 12.5. The number of ether oxygens (including phenoxy) is 2. The lowest BCUT2D eigenvalue weighted by molar-refractivity contribution is -0.149. The molecule has 1 heterocycles. The zero-order valence-corrected chi connectivity index (χ0v) is 23.3. The number of carboxylic acids is 1. The average molecular weight is 598 g/mol. The van der Waals surface area contributed by atoms with Gasteiger partial charge in [-0.2, -0.15) is 13.2 Å². The maximum atomic E-state index is 12.5. The predicted molar refractivity (Wildman–Crippen MR) is 146 cm³/mol. The van der Waals surface area contributed by atoms with E-state index >= 15 is 0 Å². The number of carboxylic acid groups (broad SMARTS) is 1. The van der Waals surface area contributed by atoms with Gasteiger partial charge in [-0.3, -0.25) is 4.90 Å². The van der Waals surface area contributed by atoms with Crippen LogP contribution in [0.2, 0.25) is 0 Å². The summed E-state index contributed by atoms with van der Waals surface area (Å²) in [7, 11) is 0. The monoisotopic (exact) mass is 596 g/mol. The van der Waals surface area contributed by atoms with Gasteiger partial charge in [0.1, 0.15) is 12.4 Å². The molecular weight excluding hydrogens is 564 g/mol. The summed E-state index contributed by atoms with van der Waals surface area (Å²) in [5.74, 6) is 0.994. The van der Waals surface area contributed by atoms with Crippen molar-refractivity contribution in [3.05, 3.63) is 59.7 Å². The molecule has 2 aromatic rings. The molecule has 38 heavy (non-hydrogen) atoms. The minimum Gasteiger partial charge on any atom is -0.492 e. The third kappa shape index (κ3) is 9.50. The minimum absolute atomic E-state index is 0. The van der Waals surface area contributed by atoms with Crippen LogP contribution >= 0.6 is 36.6 Å². The number of benzene rings is 2. The zero-order valence-electron chi connectivity index (χ0n) is 20.9. The van der Waals surface area contributed by atoms with Gasteiger partial charge in [-0.15, -0.1) is 24.8 Å². The molecule has 0 aromatic heterocycles. The number of nitrogens with one attached hydrogen (secondary N) is 1. The largest absolute Gasteiger partial charge is 0.492 e. The van der Waals surface area contributed by atoms with Crippen LogP contribution in [0.4, 0.5) is 13.2 Å². The van der Waals surface area contributed by atoms with Crippen LogP contribution in [0.25, 0.3) is 0 Å². The Morgan fingerprint density at radius 1 is 1.08 bits per heavy atom. The van der Waals surface area contributed by atoms with Crippen molar-refractivity contribution in [2.24, 2.45) is 11.8 Å². The molecule has 2 aromatic carbocycles. The molecule has 1 saturated heterocycles. The highest BCUT2D eigenvalue weighted by molar-refractivity contribution is 8.00. The Morgan fingerprint density at radius 2 is 1.68 bits per heavy atom. The predicted octanol–water partition coefficient (Wildman–Crippen LogP) is 5.27. The molecule has 1 aliphatic heterocycles. The number of carbonyl (C=O) groups is 1. The van der Waals surface area contributed by atoms with E-state index < -0.39 is 17.6 Å². The van der Waals surface area contributed by atoms with Crippen LogP contribution in [0.15, 0.2) is 53.4 Å². The van der Waals surface area contributed by atoms with E-state index in [1.165, 1.54) is 12.1 Å². The van der Waals surface area contributed by atoms with E-state index in [0.29, 0.717) is 37.5 Å². The number of halogens is 5. The number of fused-ring (bicyclic) bond motifs is 1. The lowest BCUT2D eigenvalue weighted by Gasteiger charge is -2.20. The highest BCUT2D eigenvalue weighted by atomic mass is 35.5. The number of piperidine rings is 1. The molecule has 12 heteroatoms. The Kier molecular flexibility index (Phi) is 12.5. The molecule has 1 saturated carbocycles. The fraction of sp³-hybridized carbons (Fsp3) is 0.500. The quantitative estimate of drug-likeness (QED) is 0.241. The summed E-state index contributed by atoms with van der Waals surface area (Å²) < 4.78 is 48.5. The standard InChI is InChI=1S/C26H31F3N2O4S.2ClH/c1-2-34-23(25(32)33)13-17-3-7-19(8-4-17)35-12-11-30-24-21-15-31(16-22(21)24)14-18-5-9-20(10-6-18)36-26(27,28)29;;/h3-10,21-24,30H,2,11-16H2,1H3,(H,32,33);2*1H/t21-,22?,23-,24+;;/m0../s1. The summed E-state index contributed by atoms with van der Waals surface area (Å²) in [4.78, 5) is 13.8. The number of likely N-dealkylation sites (tertiary alicyclic amines) is 1. The average Bonchev–Trinajstić information content (AvgIpc) is 3.27. The van der Waals surface area contributed by atoms with Crippen LogP contribution in [-0.2, 0) is 22.5 Å². The normalized spacial score (nSPS) is 21.1. The summed E-state index contributed by atoms with van der Waals surface area (Å²) in [5, 5.41) is 12.8. The third-order valence-corrected chi connectivity index (χ3v) is 7.31. The molecule has 1 aliphatic carbocycles. The second-order valence-corrected chi connectivity index (χ2v) is 10.3. The van der Waals surface area contributed by atoms with Gasteiger partial charge in [-0.25, -0.2) is 4.79 Å². The first kappa shape index (κ1) is 32.5. The fourth-order valence-electron chi connectivity index (χ4n) is 4.85. The van der Waals surface area contributed by atoms with Gasteiger partial charge in [0.25, 0.3) is 0 Å². The number of hydrogen-bond acceptors (Lipinski definition) is 6. The lowest BCUT2D eigenvalue weighted by atomic mass is 10.1. The molecule has 0 radical (unpaired) electrons. The van der Waals surface area contributed by atoms with Crippen molar-refractivity contribution >= 4 is 42.5 Å². The first-order valence-corrected chi connectivity index (χ1v) is 12.9. The van der Waals surface area contributed by atoms with Crippen LogP contribution in [0.3, 0.4) is 0 Å². The van der Waals surface area contributed by atoms with Crippen LogP contribution in [0.1, 0.15) is 18.1 Å². The highest BCUT2D eigenvalue weighted by Crippen LogP contribution is 2.45. The smallest absolute Gasteiger partial charge is 0.446 e. The number of aliphatic carboxylic acids is 1. The topological polar surface area (TPSA) is 71.0 Å². The van der Waals surface area contributed by atoms with Gasteiger partial charge in [0, 0.05) is 50.1 Å². The lowest BCUT2D eigenvalue weighted by Crippen LogP contribution is -2.33. The first-order valence-electron chi connectivity index (χ1n) is 12.1. The van der Waals surface area contributed by atoms with E-state index in [0.717, 1.165) is 43.1 Å². The van der Waals surface area contributed by atoms with Gasteiger partial charge in [-0.1, -0.05) is 24.3 Å². The second-order valence-electron chi connectivity index (χ2n) is 9.17. The van der Waals surface area contributed by atoms with Crippen LogP contribution in [0.5, 0.6) is 5.75 Å². The van der Waals surface area contributed by atoms with Crippen molar-refractivity contribution < 1.29 is 32.5 Å². The number of nitrogens with zero attached hydrogens (tertiary/aromatic N) is 1. The van der Waals surface area contributed by atoms with Crippen LogP contribution in [0, 0.1) is 11.8 Å². The zero-order chi connectivity index (χ0) is 25.7. The molecule has 212 valence electrons. The summed E-state index contributed by atoms with van der Waals surface area (Å²) in [6, 6.07) is 14.5. The number of thioether (sulfide) groups is 1. The van der Waals surface area contributed by atoms with Gasteiger partial charge < -0.3 is 19.9 Å². The van der Waals surface area contributed by atoms with Crippen LogP contribution < -0.4 is 10.1 Å². The molecule has 2 fully saturated rings. The molecule has 0 bridgehead atoms. The van der Waals surface area contributed by atoms with Crippen molar-refractivity contribution in [2.45, 2.75) is 42.4 Å². The molecule has 2 N–H and O–H groups in total. The van der Waals surface area contributed by atoms with Crippen molar-refractivity contribution in [2.75, 3.05) is 32.8 Å². The maximum Gasteiger partial charge on any atom is 0.446 e. The van der Waals surface area contributed by atoms with E-state index in [-0.39, 0.29) is 41.5 Å². The van der Waals surface area contributed by atoms with Crippen molar-refractivity contribution in [3.8, 4) is 5.75 Å². The molecule has 2 aliphatic rings. The Balaban J connectivity index is 0.00000253. The van der Waals surface area contributed by atoms with Gasteiger partial charge in [-0.05, 0) is 65.9 Å². The number of rotatable bonds is 13. The van der Waals surface area contributed by atoms with E-state index in [1.54, 1.807) is 19.1 Å². The van der Waals surface area contributed by atoms with Crippen LogP contribution in [-0.4, -0.2) is 66.5 Å². The molecule has 6 nitrogen and oxygen atoms in total. The molecule has 4 atom stereocenters. The first-order chi connectivity index (χ1) is 17.2. The number of alkyl halides is 3. The fourth-order valence-corrected chi connectivity index (χ4v) is 5.39. The van der Waals surface area contributed by atoms with Crippen molar-refractivity contribution in [1.82, 2.24) is 10.2 Å². The van der Waals surface area contributed by atoms with Gasteiger partial charge in [0.05, 0.1) is 0 Å². The second kappa shape index (κ2) is 14.6. The van der Waals surface area contributed by atoms with E-state index in [4.69, 9.17) is 9.47 Å². The molecular formula is C26H33Cl2F3N2O4S. The third-order valence-electron chi connectivity index (χ3n) is 6.57. The summed E-state index contributed by atoms with van der Waals surface area (Å²) >= 11 is -0.0834. The highest BCUT2D eigenvalue weighted by Gasteiger charge is 2.55. The van der Waals surface area contributed by atoms with E-state index in [2.05, 4.69) is 10.2 Å². The minimum atomic E-state index is -4.26. The Hall–Kier alpha value is -1.69.